The van der Waals surface area contributed by atoms with Crippen LogP contribution in [0.4, 0.5) is 17.5 Å². The fourth-order valence-corrected chi connectivity index (χ4v) is 2.87. The van der Waals surface area contributed by atoms with Crippen LogP contribution in [0.15, 0.2) is 48.5 Å². The Morgan fingerprint density at radius 2 is 1.69 bits per heavy atom. The first-order valence-corrected chi connectivity index (χ1v) is 9.42. The Kier molecular flexibility index (Phi) is 6.73. The molecule has 0 saturated carbocycles. The molecule has 1 aromatic heterocycles. The van der Waals surface area contributed by atoms with Crippen molar-refractivity contribution in [3.8, 4) is 17.2 Å². The predicted octanol–water partition coefficient (Wildman–Crippen LogP) is 4.56. The van der Waals surface area contributed by atoms with E-state index in [-0.39, 0.29) is 0 Å². The van der Waals surface area contributed by atoms with E-state index in [1.165, 1.54) is 0 Å². The average Bonchev–Trinajstić information content (AvgIpc) is 2.73. The molecule has 0 aliphatic carbocycles. The van der Waals surface area contributed by atoms with Crippen molar-refractivity contribution >= 4 is 17.5 Å². The normalized spacial score (nSPS) is 10.3. The van der Waals surface area contributed by atoms with E-state index in [0.717, 1.165) is 28.5 Å². The summed E-state index contributed by atoms with van der Waals surface area (Å²) in [7, 11) is 3.25. The maximum atomic E-state index is 5.66. The van der Waals surface area contributed by atoms with Crippen LogP contribution < -0.4 is 24.8 Å². The maximum Gasteiger partial charge on any atom is 0.229 e. The zero-order valence-corrected chi connectivity index (χ0v) is 17.2. The molecule has 0 unspecified atom stereocenters. The summed E-state index contributed by atoms with van der Waals surface area (Å²) in [5, 5.41) is 6.58. The molecule has 2 N–H and O–H groups in total. The molecule has 0 bridgehead atoms. The Morgan fingerprint density at radius 1 is 0.897 bits per heavy atom. The number of hydrogen-bond acceptors (Lipinski definition) is 7. The van der Waals surface area contributed by atoms with E-state index in [1.54, 1.807) is 14.2 Å². The number of nitrogens with one attached hydrogen (secondary N) is 2. The predicted molar refractivity (Wildman–Crippen MR) is 115 cm³/mol. The van der Waals surface area contributed by atoms with Gasteiger partial charge >= 0.3 is 0 Å². The van der Waals surface area contributed by atoms with E-state index >= 15 is 0 Å². The Bertz CT molecular complexity index is 963. The number of aromatic nitrogens is 2. The van der Waals surface area contributed by atoms with Crippen LogP contribution in [0.25, 0.3) is 0 Å². The van der Waals surface area contributed by atoms with Gasteiger partial charge in [0.15, 0.2) is 11.5 Å². The molecule has 2 aromatic carbocycles. The molecule has 0 atom stereocenters. The van der Waals surface area contributed by atoms with Crippen LogP contribution in [-0.4, -0.2) is 30.8 Å². The molecule has 0 aliphatic rings. The topological polar surface area (TPSA) is 77.5 Å². The van der Waals surface area contributed by atoms with Gasteiger partial charge in [-0.3, -0.25) is 0 Å². The van der Waals surface area contributed by atoms with Gasteiger partial charge in [0.2, 0.25) is 5.95 Å². The van der Waals surface area contributed by atoms with Gasteiger partial charge in [0, 0.05) is 18.3 Å². The third-order valence-corrected chi connectivity index (χ3v) is 4.21. The highest BCUT2D eigenvalue weighted by Gasteiger charge is 2.08. The second kappa shape index (κ2) is 9.64. The van der Waals surface area contributed by atoms with E-state index in [0.29, 0.717) is 30.6 Å². The lowest BCUT2D eigenvalue weighted by Gasteiger charge is -2.13. The maximum absolute atomic E-state index is 5.66. The van der Waals surface area contributed by atoms with Crippen molar-refractivity contribution in [2.45, 2.75) is 20.4 Å². The second-order valence-electron chi connectivity index (χ2n) is 6.32. The van der Waals surface area contributed by atoms with Gasteiger partial charge in [0.05, 0.1) is 26.5 Å². The van der Waals surface area contributed by atoms with E-state index in [9.17, 15) is 0 Å². The Hall–Kier alpha value is -3.48. The number of ether oxygens (including phenoxy) is 3. The lowest BCUT2D eigenvalue weighted by Crippen LogP contribution is -2.06. The number of anilines is 3. The van der Waals surface area contributed by atoms with Crippen LogP contribution in [0.2, 0.25) is 0 Å². The van der Waals surface area contributed by atoms with Gasteiger partial charge in [-0.2, -0.15) is 4.98 Å². The van der Waals surface area contributed by atoms with Crippen LogP contribution >= 0.6 is 0 Å². The fourth-order valence-electron chi connectivity index (χ4n) is 2.87. The first-order chi connectivity index (χ1) is 14.1. The summed E-state index contributed by atoms with van der Waals surface area (Å²) >= 11 is 0. The lowest BCUT2D eigenvalue weighted by molar-refractivity contribution is 0.342. The van der Waals surface area contributed by atoms with Crippen molar-refractivity contribution in [1.29, 1.82) is 0 Å². The quantitative estimate of drug-likeness (QED) is 0.551. The number of rotatable bonds is 9. The first-order valence-electron chi connectivity index (χ1n) is 9.42. The fraction of sp³-hybridized carbons (Fsp3) is 0.273. The summed E-state index contributed by atoms with van der Waals surface area (Å²) in [6, 6.07) is 15.4. The van der Waals surface area contributed by atoms with Gasteiger partial charge in [0.1, 0.15) is 11.6 Å². The van der Waals surface area contributed by atoms with Crippen molar-refractivity contribution < 1.29 is 14.2 Å². The highest BCUT2D eigenvalue weighted by Crippen LogP contribution is 2.28. The highest BCUT2D eigenvalue weighted by atomic mass is 16.5. The van der Waals surface area contributed by atoms with Crippen molar-refractivity contribution in [2.24, 2.45) is 0 Å². The van der Waals surface area contributed by atoms with Gasteiger partial charge in [0.25, 0.3) is 0 Å². The van der Waals surface area contributed by atoms with Crippen LogP contribution in [0.5, 0.6) is 17.2 Å². The molecule has 1 heterocycles. The molecule has 0 saturated heterocycles. The van der Waals surface area contributed by atoms with E-state index in [4.69, 9.17) is 14.2 Å². The molecular weight excluding hydrogens is 368 g/mol. The molecule has 152 valence electrons. The zero-order valence-electron chi connectivity index (χ0n) is 17.2. The molecule has 0 aliphatic heterocycles. The summed E-state index contributed by atoms with van der Waals surface area (Å²) in [6.45, 7) is 5.07. The molecule has 29 heavy (non-hydrogen) atoms. The molecule has 0 spiro atoms. The van der Waals surface area contributed by atoms with E-state index in [1.807, 2.05) is 62.4 Å². The third kappa shape index (κ3) is 5.28. The Balaban J connectivity index is 1.74. The van der Waals surface area contributed by atoms with E-state index in [2.05, 4.69) is 20.6 Å². The second-order valence-corrected chi connectivity index (χ2v) is 6.32. The van der Waals surface area contributed by atoms with Gasteiger partial charge in [-0.1, -0.05) is 18.2 Å². The first kappa shape index (κ1) is 20.3. The Labute approximate surface area is 171 Å². The number of benzene rings is 2. The van der Waals surface area contributed by atoms with Crippen molar-refractivity contribution in [2.75, 3.05) is 31.5 Å². The Morgan fingerprint density at radius 3 is 2.45 bits per heavy atom. The van der Waals surface area contributed by atoms with Gasteiger partial charge in [-0.15, -0.1) is 0 Å². The third-order valence-electron chi connectivity index (χ3n) is 4.21. The van der Waals surface area contributed by atoms with Gasteiger partial charge < -0.3 is 24.8 Å². The highest BCUT2D eigenvalue weighted by molar-refractivity contribution is 5.63. The van der Waals surface area contributed by atoms with E-state index < -0.39 is 0 Å². The zero-order chi connectivity index (χ0) is 20.6. The summed E-state index contributed by atoms with van der Waals surface area (Å²) in [6.07, 6.45) is 0. The average molecular weight is 394 g/mol. The summed E-state index contributed by atoms with van der Waals surface area (Å²) in [4.78, 5) is 9.06. The molecule has 3 aromatic rings. The largest absolute Gasteiger partial charge is 0.493 e. The summed E-state index contributed by atoms with van der Waals surface area (Å²) in [5.74, 6) is 3.39. The number of aryl methyl sites for hydroxylation is 1. The minimum Gasteiger partial charge on any atom is -0.493 e. The van der Waals surface area contributed by atoms with Crippen molar-refractivity contribution in [3.63, 3.8) is 0 Å². The molecule has 7 heteroatoms. The minimum absolute atomic E-state index is 0.506. The smallest absolute Gasteiger partial charge is 0.229 e. The minimum atomic E-state index is 0.506. The van der Waals surface area contributed by atoms with Crippen molar-refractivity contribution in [1.82, 2.24) is 9.97 Å². The molecule has 0 amide bonds. The molecule has 0 fully saturated rings. The van der Waals surface area contributed by atoms with Crippen LogP contribution in [-0.2, 0) is 6.54 Å². The molecule has 7 nitrogen and oxygen atoms in total. The standard InChI is InChI=1S/C22H26N4O3/c1-5-29-18-9-7-6-8-17(18)25-22-24-15(2)12-21(26-22)23-14-16-10-11-19(27-3)20(13-16)28-4/h6-13H,5,14H2,1-4H3,(H2,23,24,25,26). The van der Waals surface area contributed by atoms with Gasteiger partial charge in [-0.25, -0.2) is 4.98 Å². The monoisotopic (exact) mass is 394 g/mol. The number of nitrogens with zero attached hydrogens (tertiary/aromatic N) is 2. The van der Waals surface area contributed by atoms with Gasteiger partial charge in [-0.05, 0) is 43.7 Å². The summed E-state index contributed by atoms with van der Waals surface area (Å²) in [5.41, 5.74) is 2.73. The lowest BCUT2D eigenvalue weighted by atomic mass is 10.2. The molecular formula is C22H26N4O3. The SMILES string of the molecule is CCOc1ccccc1Nc1nc(C)cc(NCc2ccc(OC)c(OC)c2)n1. The van der Waals surface area contributed by atoms with Crippen LogP contribution in [0.3, 0.4) is 0 Å². The number of hydrogen-bond donors (Lipinski definition) is 2. The number of para-hydroxylation sites is 2. The molecule has 3 rings (SSSR count). The van der Waals surface area contributed by atoms with Crippen LogP contribution in [0.1, 0.15) is 18.2 Å². The number of methoxy groups -OCH3 is 2. The molecule has 0 radical (unpaired) electrons. The van der Waals surface area contributed by atoms with Crippen molar-refractivity contribution in [3.05, 3.63) is 59.8 Å². The summed E-state index contributed by atoms with van der Waals surface area (Å²) < 4.78 is 16.3. The van der Waals surface area contributed by atoms with Crippen LogP contribution in [0, 0.1) is 6.92 Å².